The predicted octanol–water partition coefficient (Wildman–Crippen LogP) is 0.687. The molecule has 1 saturated heterocycles. The molecule has 1 aliphatic rings. The molecule has 2 unspecified atom stereocenters. The molecular formula is C13H24N2O5. The first-order valence-electron chi connectivity index (χ1n) is 6.97. The lowest BCUT2D eigenvalue weighted by atomic mass is 10.1. The van der Waals surface area contributed by atoms with E-state index in [4.69, 9.17) is 14.6 Å². The van der Waals surface area contributed by atoms with Crippen molar-refractivity contribution >= 4 is 12.0 Å². The van der Waals surface area contributed by atoms with Crippen LogP contribution in [0.2, 0.25) is 0 Å². The zero-order valence-corrected chi connectivity index (χ0v) is 12.1. The van der Waals surface area contributed by atoms with Crippen LogP contribution in [0.4, 0.5) is 4.79 Å². The number of carboxylic acid groups (broad SMARTS) is 1. The number of piperidine rings is 1. The number of rotatable bonds is 7. The number of amides is 2. The average Bonchev–Trinajstić information content (AvgIpc) is 2.44. The topological polar surface area (TPSA) is 88.1 Å². The van der Waals surface area contributed by atoms with Crippen molar-refractivity contribution in [2.75, 3.05) is 33.4 Å². The van der Waals surface area contributed by atoms with Gasteiger partial charge in [-0.25, -0.2) is 9.59 Å². The van der Waals surface area contributed by atoms with Crippen LogP contribution in [0.25, 0.3) is 0 Å². The van der Waals surface area contributed by atoms with Crippen LogP contribution in [-0.4, -0.2) is 67.6 Å². The lowest BCUT2D eigenvalue weighted by molar-refractivity contribution is -0.140. The van der Waals surface area contributed by atoms with E-state index in [0.717, 1.165) is 19.3 Å². The second kappa shape index (κ2) is 8.76. The van der Waals surface area contributed by atoms with Crippen molar-refractivity contribution in [3.63, 3.8) is 0 Å². The number of urea groups is 1. The van der Waals surface area contributed by atoms with E-state index in [1.165, 1.54) is 7.11 Å². The van der Waals surface area contributed by atoms with E-state index in [9.17, 15) is 9.59 Å². The van der Waals surface area contributed by atoms with Crippen molar-refractivity contribution in [3.8, 4) is 0 Å². The average molecular weight is 288 g/mol. The molecular weight excluding hydrogens is 264 g/mol. The Balaban J connectivity index is 2.46. The number of nitrogens with zero attached hydrogens (tertiary/aromatic N) is 1. The number of hydrogen-bond donors (Lipinski definition) is 2. The summed E-state index contributed by atoms with van der Waals surface area (Å²) in [5, 5.41) is 11.5. The largest absolute Gasteiger partial charge is 0.480 e. The van der Waals surface area contributed by atoms with Gasteiger partial charge >= 0.3 is 12.0 Å². The molecule has 0 aliphatic carbocycles. The van der Waals surface area contributed by atoms with Gasteiger partial charge in [0, 0.05) is 26.8 Å². The van der Waals surface area contributed by atoms with Crippen LogP contribution in [0.3, 0.4) is 0 Å². The second-order valence-corrected chi connectivity index (χ2v) is 4.88. The van der Waals surface area contributed by atoms with Crippen LogP contribution >= 0.6 is 0 Å². The van der Waals surface area contributed by atoms with Gasteiger partial charge in [0.15, 0.2) is 6.04 Å². The summed E-state index contributed by atoms with van der Waals surface area (Å²) in [4.78, 5) is 24.6. The molecule has 2 N–H and O–H groups in total. The Labute approximate surface area is 119 Å². The Kier molecular flexibility index (Phi) is 7.32. The highest BCUT2D eigenvalue weighted by Crippen LogP contribution is 2.13. The summed E-state index contributed by atoms with van der Waals surface area (Å²) in [5.74, 6) is -1.10. The van der Waals surface area contributed by atoms with Crippen molar-refractivity contribution in [1.82, 2.24) is 10.2 Å². The van der Waals surface area contributed by atoms with E-state index >= 15 is 0 Å². The van der Waals surface area contributed by atoms with Gasteiger partial charge in [0.2, 0.25) is 0 Å². The molecule has 0 saturated carbocycles. The molecule has 7 heteroatoms. The Bertz CT molecular complexity index is 324. The molecule has 0 aromatic rings. The van der Waals surface area contributed by atoms with Gasteiger partial charge in [0.05, 0.1) is 12.7 Å². The minimum Gasteiger partial charge on any atom is -0.480 e. The molecule has 2 atom stereocenters. The summed E-state index contributed by atoms with van der Waals surface area (Å²) in [6, 6.07) is -1.40. The highest BCUT2D eigenvalue weighted by Gasteiger charge is 2.27. The number of carbonyl (C=O) groups is 2. The second-order valence-electron chi connectivity index (χ2n) is 4.88. The van der Waals surface area contributed by atoms with Crippen LogP contribution < -0.4 is 5.32 Å². The maximum atomic E-state index is 12.0. The summed E-state index contributed by atoms with van der Waals surface area (Å²) in [6.07, 6.45) is 2.78. The summed E-state index contributed by atoms with van der Waals surface area (Å²) < 4.78 is 10.4. The van der Waals surface area contributed by atoms with Crippen molar-refractivity contribution in [1.29, 1.82) is 0 Å². The molecule has 0 radical (unpaired) electrons. The summed E-state index contributed by atoms with van der Waals surface area (Å²) >= 11 is 0. The van der Waals surface area contributed by atoms with Gasteiger partial charge in [-0.1, -0.05) is 6.92 Å². The van der Waals surface area contributed by atoms with Gasteiger partial charge in [-0.3, -0.25) is 0 Å². The molecule has 20 heavy (non-hydrogen) atoms. The fourth-order valence-electron chi connectivity index (χ4n) is 2.12. The van der Waals surface area contributed by atoms with Crippen LogP contribution in [0.1, 0.15) is 26.2 Å². The Morgan fingerprint density at radius 2 is 2.25 bits per heavy atom. The summed E-state index contributed by atoms with van der Waals surface area (Å²) in [7, 11) is 1.40. The molecule has 1 aliphatic heterocycles. The summed E-state index contributed by atoms with van der Waals surface area (Å²) in [5.41, 5.74) is 0. The van der Waals surface area contributed by atoms with E-state index in [1.807, 2.05) is 6.92 Å². The third-order valence-electron chi connectivity index (χ3n) is 3.15. The molecule has 116 valence electrons. The number of nitrogens with one attached hydrogen (secondary N) is 1. The molecule has 0 spiro atoms. The van der Waals surface area contributed by atoms with E-state index in [1.54, 1.807) is 4.90 Å². The van der Waals surface area contributed by atoms with Crippen LogP contribution in [0.15, 0.2) is 0 Å². The van der Waals surface area contributed by atoms with Gasteiger partial charge in [-0.2, -0.15) is 0 Å². The normalized spacial score (nSPS) is 20.5. The highest BCUT2D eigenvalue weighted by atomic mass is 16.5. The Hall–Kier alpha value is -1.34. The van der Waals surface area contributed by atoms with Gasteiger partial charge in [-0.05, 0) is 19.3 Å². The quantitative estimate of drug-likeness (QED) is 0.719. The predicted molar refractivity (Wildman–Crippen MR) is 72.7 cm³/mol. The Morgan fingerprint density at radius 3 is 2.85 bits per heavy atom. The third kappa shape index (κ3) is 5.34. The third-order valence-corrected chi connectivity index (χ3v) is 3.15. The van der Waals surface area contributed by atoms with Gasteiger partial charge in [0.1, 0.15) is 0 Å². The molecule has 1 fully saturated rings. The van der Waals surface area contributed by atoms with Gasteiger partial charge in [-0.15, -0.1) is 0 Å². The van der Waals surface area contributed by atoms with Crippen molar-refractivity contribution in [2.24, 2.45) is 0 Å². The number of carboxylic acids is 1. The maximum absolute atomic E-state index is 12.0. The smallest absolute Gasteiger partial charge is 0.328 e. The first-order valence-corrected chi connectivity index (χ1v) is 6.97. The monoisotopic (exact) mass is 288 g/mol. The first-order chi connectivity index (χ1) is 9.58. The van der Waals surface area contributed by atoms with Gasteiger partial charge < -0.3 is 24.8 Å². The molecule has 0 bridgehead atoms. The van der Waals surface area contributed by atoms with Crippen molar-refractivity contribution in [2.45, 2.75) is 38.3 Å². The lowest BCUT2D eigenvalue weighted by Crippen LogP contribution is -2.53. The van der Waals surface area contributed by atoms with E-state index < -0.39 is 12.0 Å². The maximum Gasteiger partial charge on any atom is 0.328 e. The fourth-order valence-corrected chi connectivity index (χ4v) is 2.12. The van der Waals surface area contributed by atoms with Crippen molar-refractivity contribution < 1.29 is 24.2 Å². The molecule has 0 aromatic carbocycles. The number of hydrogen-bond acceptors (Lipinski definition) is 4. The van der Waals surface area contributed by atoms with Crippen LogP contribution in [0, 0.1) is 0 Å². The summed E-state index contributed by atoms with van der Waals surface area (Å²) in [6.45, 7) is 3.80. The molecule has 1 heterocycles. The SMILES string of the molecule is CCCOC1CCCN(C(=O)NC(COC)C(=O)O)C1. The molecule has 0 aromatic heterocycles. The fraction of sp³-hybridized carbons (Fsp3) is 0.846. The molecule has 2 amide bonds. The number of methoxy groups -OCH3 is 1. The number of carbonyl (C=O) groups excluding carboxylic acids is 1. The van der Waals surface area contributed by atoms with Crippen LogP contribution in [0.5, 0.6) is 0 Å². The standard InChI is InChI=1S/C13H24N2O5/c1-3-7-20-10-5-4-6-15(8-10)13(18)14-11(9-19-2)12(16)17/h10-11H,3-9H2,1-2H3,(H,14,18)(H,16,17). The van der Waals surface area contributed by atoms with Gasteiger partial charge in [0.25, 0.3) is 0 Å². The van der Waals surface area contributed by atoms with E-state index in [0.29, 0.717) is 19.7 Å². The minimum atomic E-state index is -1.10. The minimum absolute atomic E-state index is 0.0418. The Morgan fingerprint density at radius 1 is 1.50 bits per heavy atom. The lowest BCUT2D eigenvalue weighted by Gasteiger charge is -2.33. The first kappa shape index (κ1) is 16.7. The zero-order chi connectivity index (χ0) is 15.0. The molecule has 1 rings (SSSR count). The van der Waals surface area contributed by atoms with Crippen LogP contribution in [-0.2, 0) is 14.3 Å². The van der Waals surface area contributed by atoms with E-state index in [2.05, 4.69) is 5.32 Å². The zero-order valence-electron chi connectivity index (χ0n) is 12.1. The van der Waals surface area contributed by atoms with E-state index in [-0.39, 0.29) is 18.7 Å². The number of likely N-dealkylation sites (tertiary alicyclic amines) is 1. The number of aliphatic carboxylic acids is 1. The molecule has 7 nitrogen and oxygen atoms in total. The highest BCUT2D eigenvalue weighted by molar-refractivity contribution is 5.82. The number of ether oxygens (including phenoxy) is 2. The van der Waals surface area contributed by atoms with Crippen molar-refractivity contribution in [3.05, 3.63) is 0 Å².